The molecule has 88 valence electrons. The predicted molar refractivity (Wildman–Crippen MR) is 70.9 cm³/mol. The number of nitrogens with one attached hydrogen (secondary N) is 1. The van der Waals surface area contributed by atoms with Gasteiger partial charge in [0.1, 0.15) is 0 Å². The zero-order valence-corrected chi connectivity index (χ0v) is 10.3. The fourth-order valence-electron chi connectivity index (χ4n) is 1.27. The van der Waals surface area contributed by atoms with Gasteiger partial charge in [0, 0.05) is 28.7 Å². The van der Waals surface area contributed by atoms with E-state index in [-0.39, 0.29) is 18.3 Å². The number of hydrogen-bond acceptors (Lipinski definition) is 2. The summed E-state index contributed by atoms with van der Waals surface area (Å²) in [6.07, 6.45) is 3.15. The number of anilines is 1. The molecule has 1 N–H and O–H groups in total. The highest BCUT2D eigenvalue weighted by Gasteiger charge is 2.04. The van der Waals surface area contributed by atoms with Gasteiger partial charge in [0.05, 0.1) is 0 Å². The first-order valence-corrected chi connectivity index (χ1v) is 5.10. The van der Waals surface area contributed by atoms with Gasteiger partial charge in [0.25, 0.3) is 5.91 Å². The van der Waals surface area contributed by atoms with Crippen molar-refractivity contribution in [3.05, 3.63) is 59.4 Å². The van der Waals surface area contributed by atoms with Crippen molar-refractivity contribution in [1.82, 2.24) is 4.98 Å². The average Bonchev–Trinajstić information content (AvgIpc) is 2.30. The van der Waals surface area contributed by atoms with Gasteiger partial charge in [-0.3, -0.25) is 9.78 Å². The number of carbonyl (C=O) groups is 1. The first-order valence-electron chi connectivity index (χ1n) is 4.72. The zero-order chi connectivity index (χ0) is 11.4. The predicted octanol–water partition coefficient (Wildman–Crippen LogP) is 3.41. The van der Waals surface area contributed by atoms with Crippen molar-refractivity contribution >= 4 is 35.6 Å². The highest BCUT2D eigenvalue weighted by molar-refractivity contribution is 6.30. The standard InChI is InChI=1S/C12H9ClN2O.ClH/c13-10-2-1-3-11(8-10)15-12(16)9-4-6-14-7-5-9;/h1-8H,(H,15,16);1H. The largest absolute Gasteiger partial charge is 0.322 e. The van der Waals surface area contributed by atoms with Crippen LogP contribution in [-0.2, 0) is 0 Å². The smallest absolute Gasteiger partial charge is 0.255 e. The Balaban J connectivity index is 0.00000144. The van der Waals surface area contributed by atoms with Crippen molar-refractivity contribution in [2.24, 2.45) is 0 Å². The molecule has 0 fully saturated rings. The van der Waals surface area contributed by atoms with Gasteiger partial charge in [-0.05, 0) is 30.3 Å². The fourth-order valence-corrected chi connectivity index (χ4v) is 1.46. The molecule has 1 aromatic heterocycles. The lowest BCUT2D eigenvalue weighted by Crippen LogP contribution is -2.11. The molecule has 1 heterocycles. The van der Waals surface area contributed by atoms with E-state index in [2.05, 4.69) is 10.3 Å². The van der Waals surface area contributed by atoms with Crippen LogP contribution in [0.3, 0.4) is 0 Å². The van der Waals surface area contributed by atoms with E-state index in [1.807, 2.05) is 0 Å². The maximum atomic E-state index is 11.7. The molecule has 0 bridgehead atoms. The Kier molecular flexibility index (Phi) is 4.94. The normalized spacial score (nSPS) is 9.24. The second-order valence-electron chi connectivity index (χ2n) is 3.20. The number of nitrogens with zero attached hydrogens (tertiary/aromatic N) is 1. The molecule has 0 atom stereocenters. The van der Waals surface area contributed by atoms with Gasteiger partial charge >= 0.3 is 0 Å². The van der Waals surface area contributed by atoms with Crippen LogP contribution < -0.4 is 5.32 Å². The summed E-state index contributed by atoms with van der Waals surface area (Å²) >= 11 is 5.81. The number of rotatable bonds is 2. The Hall–Kier alpha value is -1.58. The van der Waals surface area contributed by atoms with Crippen molar-refractivity contribution in [2.75, 3.05) is 5.32 Å². The minimum absolute atomic E-state index is 0. The lowest BCUT2D eigenvalue weighted by Gasteiger charge is -2.04. The first-order chi connectivity index (χ1) is 7.75. The summed E-state index contributed by atoms with van der Waals surface area (Å²) in [5.74, 6) is -0.176. The summed E-state index contributed by atoms with van der Waals surface area (Å²) in [5.41, 5.74) is 1.24. The average molecular weight is 269 g/mol. The van der Waals surface area contributed by atoms with Crippen LogP contribution in [0.5, 0.6) is 0 Å². The Bertz CT molecular complexity index is 503. The van der Waals surface area contributed by atoms with Crippen LogP contribution in [-0.4, -0.2) is 10.9 Å². The first kappa shape index (κ1) is 13.5. The van der Waals surface area contributed by atoms with Crippen LogP contribution in [0.2, 0.25) is 5.02 Å². The van der Waals surface area contributed by atoms with Gasteiger partial charge < -0.3 is 5.32 Å². The van der Waals surface area contributed by atoms with E-state index in [1.54, 1.807) is 48.8 Å². The molecule has 2 rings (SSSR count). The van der Waals surface area contributed by atoms with Crippen LogP contribution in [0, 0.1) is 0 Å². The number of halogens is 2. The van der Waals surface area contributed by atoms with Crippen LogP contribution in [0.25, 0.3) is 0 Å². The molecule has 0 saturated heterocycles. The summed E-state index contributed by atoms with van der Waals surface area (Å²) in [4.78, 5) is 15.6. The highest BCUT2D eigenvalue weighted by Crippen LogP contribution is 2.15. The summed E-state index contributed by atoms with van der Waals surface area (Å²) < 4.78 is 0. The fraction of sp³-hybridized carbons (Fsp3) is 0. The van der Waals surface area contributed by atoms with Gasteiger partial charge in [-0.25, -0.2) is 0 Å². The summed E-state index contributed by atoms with van der Waals surface area (Å²) in [6, 6.07) is 10.3. The van der Waals surface area contributed by atoms with Crippen molar-refractivity contribution < 1.29 is 4.79 Å². The maximum Gasteiger partial charge on any atom is 0.255 e. The molecule has 0 aliphatic rings. The molecular weight excluding hydrogens is 259 g/mol. The SMILES string of the molecule is Cl.O=C(Nc1cccc(Cl)c1)c1ccncc1. The van der Waals surface area contributed by atoms with E-state index < -0.39 is 0 Å². The Morgan fingerprint density at radius 2 is 1.88 bits per heavy atom. The molecule has 0 aliphatic heterocycles. The van der Waals surface area contributed by atoms with E-state index in [0.29, 0.717) is 16.3 Å². The summed E-state index contributed by atoms with van der Waals surface area (Å²) in [5, 5.41) is 3.34. The van der Waals surface area contributed by atoms with Gasteiger partial charge in [-0.15, -0.1) is 12.4 Å². The maximum absolute atomic E-state index is 11.7. The topological polar surface area (TPSA) is 42.0 Å². The molecule has 2 aromatic rings. The zero-order valence-electron chi connectivity index (χ0n) is 8.76. The quantitative estimate of drug-likeness (QED) is 0.907. The lowest BCUT2D eigenvalue weighted by molar-refractivity contribution is 0.102. The summed E-state index contributed by atoms with van der Waals surface area (Å²) in [6.45, 7) is 0. The second-order valence-corrected chi connectivity index (χ2v) is 3.64. The molecule has 0 radical (unpaired) electrons. The van der Waals surface area contributed by atoms with Crippen LogP contribution in [0.4, 0.5) is 5.69 Å². The van der Waals surface area contributed by atoms with Gasteiger partial charge in [0.15, 0.2) is 0 Å². The summed E-state index contributed by atoms with van der Waals surface area (Å²) in [7, 11) is 0. The van der Waals surface area contributed by atoms with Gasteiger partial charge in [-0.1, -0.05) is 17.7 Å². The molecule has 5 heteroatoms. The van der Waals surface area contributed by atoms with Crippen molar-refractivity contribution in [2.45, 2.75) is 0 Å². The van der Waals surface area contributed by atoms with E-state index in [9.17, 15) is 4.79 Å². The molecule has 1 amide bonds. The minimum Gasteiger partial charge on any atom is -0.322 e. The third kappa shape index (κ3) is 3.73. The van der Waals surface area contributed by atoms with Crippen LogP contribution in [0.1, 0.15) is 10.4 Å². The number of amides is 1. The number of pyridine rings is 1. The van der Waals surface area contributed by atoms with Gasteiger partial charge in [0.2, 0.25) is 0 Å². The Morgan fingerprint density at radius 1 is 1.18 bits per heavy atom. The monoisotopic (exact) mass is 268 g/mol. The molecule has 17 heavy (non-hydrogen) atoms. The lowest BCUT2D eigenvalue weighted by atomic mass is 10.2. The van der Waals surface area contributed by atoms with Crippen molar-refractivity contribution in [3.63, 3.8) is 0 Å². The molecule has 0 aliphatic carbocycles. The molecule has 3 nitrogen and oxygen atoms in total. The number of benzene rings is 1. The minimum atomic E-state index is -0.176. The van der Waals surface area contributed by atoms with Crippen molar-refractivity contribution in [3.8, 4) is 0 Å². The third-order valence-corrected chi connectivity index (χ3v) is 2.26. The van der Waals surface area contributed by atoms with E-state index >= 15 is 0 Å². The van der Waals surface area contributed by atoms with Crippen LogP contribution in [0.15, 0.2) is 48.8 Å². The van der Waals surface area contributed by atoms with E-state index in [4.69, 9.17) is 11.6 Å². The highest BCUT2D eigenvalue weighted by atomic mass is 35.5. The molecule has 0 spiro atoms. The molecule has 0 unspecified atom stereocenters. The number of aromatic nitrogens is 1. The van der Waals surface area contributed by atoms with Crippen molar-refractivity contribution in [1.29, 1.82) is 0 Å². The van der Waals surface area contributed by atoms with E-state index in [0.717, 1.165) is 0 Å². The van der Waals surface area contributed by atoms with E-state index in [1.165, 1.54) is 0 Å². The molecule has 1 aromatic carbocycles. The Morgan fingerprint density at radius 3 is 2.53 bits per heavy atom. The van der Waals surface area contributed by atoms with Crippen LogP contribution >= 0.6 is 24.0 Å². The Labute approximate surface area is 110 Å². The number of carbonyl (C=O) groups excluding carboxylic acids is 1. The molecular formula is C12H10Cl2N2O. The third-order valence-electron chi connectivity index (χ3n) is 2.02. The second kappa shape index (κ2) is 6.23. The van der Waals surface area contributed by atoms with Gasteiger partial charge in [-0.2, -0.15) is 0 Å². The molecule has 0 saturated carbocycles. The number of hydrogen-bond donors (Lipinski definition) is 1.